The zero-order chi connectivity index (χ0) is 24.2. The van der Waals surface area contributed by atoms with Gasteiger partial charge in [0.1, 0.15) is 5.75 Å². The first-order chi connectivity index (χ1) is 16.3. The number of anilines is 2. The topological polar surface area (TPSA) is 128 Å². The number of nitrogens with zero attached hydrogens (tertiary/aromatic N) is 2. The maximum atomic E-state index is 13.1. The zero-order valence-corrected chi connectivity index (χ0v) is 18.6. The summed E-state index contributed by atoms with van der Waals surface area (Å²) < 4.78 is 5.21. The van der Waals surface area contributed by atoms with E-state index in [1.807, 2.05) is 29.2 Å². The number of non-ortho nitro benzene ring substituents is 1. The van der Waals surface area contributed by atoms with Crippen molar-refractivity contribution in [3.63, 3.8) is 0 Å². The van der Waals surface area contributed by atoms with Crippen LogP contribution in [0, 0.1) is 16.0 Å². The predicted octanol–water partition coefficient (Wildman–Crippen LogP) is 3.52. The molecule has 0 saturated heterocycles. The number of carbonyl (C=O) groups is 2. The van der Waals surface area contributed by atoms with E-state index in [9.17, 15) is 19.7 Å². The van der Waals surface area contributed by atoms with Gasteiger partial charge in [-0.1, -0.05) is 24.3 Å². The molecule has 34 heavy (non-hydrogen) atoms. The Balaban J connectivity index is 1.65. The summed E-state index contributed by atoms with van der Waals surface area (Å²) in [5.74, 6) is -0.390. The second kappa shape index (κ2) is 9.62. The molecule has 0 aliphatic carbocycles. The quantitative estimate of drug-likeness (QED) is 0.410. The summed E-state index contributed by atoms with van der Waals surface area (Å²) >= 11 is 0. The van der Waals surface area contributed by atoms with Crippen molar-refractivity contribution < 1.29 is 19.2 Å². The van der Waals surface area contributed by atoms with Crippen molar-refractivity contribution in [2.75, 3.05) is 23.9 Å². The molecule has 4 rings (SSSR count). The van der Waals surface area contributed by atoms with Crippen LogP contribution in [0.5, 0.6) is 5.75 Å². The molecule has 2 amide bonds. The molecule has 174 valence electrons. The summed E-state index contributed by atoms with van der Waals surface area (Å²) in [6.07, 6.45) is 0.503. The van der Waals surface area contributed by atoms with Gasteiger partial charge < -0.3 is 20.7 Å². The van der Waals surface area contributed by atoms with Gasteiger partial charge in [0.15, 0.2) is 0 Å². The lowest BCUT2D eigenvalue weighted by Crippen LogP contribution is -2.33. The van der Waals surface area contributed by atoms with E-state index in [0.717, 1.165) is 22.6 Å². The minimum atomic E-state index is -0.585. The van der Waals surface area contributed by atoms with Crippen LogP contribution in [-0.4, -0.2) is 30.4 Å². The van der Waals surface area contributed by atoms with Crippen LogP contribution < -0.4 is 20.7 Å². The van der Waals surface area contributed by atoms with Crippen molar-refractivity contribution in [1.29, 1.82) is 0 Å². The average Bonchev–Trinajstić information content (AvgIpc) is 2.95. The molecule has 3 aromatic rings. The monoisotopic (exact) mass is 460 g/mol. The molecular weight excluding hydrogens is 436 g/mol. The van der Waals surface area contributed by atoms with Crippen LogP contribution in [0.2, 0.25) is 0 Å². The van der Waals surface area contributed by atoms with E-state index < -0.39 is 10.8 Å². The summed E-state index contributed by atoms with van der Waals surface area (Å²) in [6.45, 7) is 0.840. The normalized spacial score (nSPS) is 15.1. The van der Waals surface area contributed by atoms with Gasteiger partial charge in [-0.15, -0.1) is 0 Å². The fourth-order valence-electron chi connectivity index (χ4n) is 4.04. The van der Waals surface area contributed by atoms with Gasteiger partial charge in [0, 0.05) is 30.8 Å². The Hall–Kier alpha value is -4.40. The Bertz CT molecular complexity index is 1230. The number of ether oxygens (including phenoxy) is 1. The minimum absolute atomic E-state index is 0.0142. The molecule has 0 spiro atoms. The number of nitro benzene ring substituents is 1. The van der Waals surface area contributed by atoms with Crippen LogP contribution in [0.3, 0.4) is 0 Å². The van der Waals surface area contributed by atoms with Gasteiger partial charge >= 0.3 is 0 Å². The van der Waals surface area contributed by atoms with E-state index in [2.05, 4.69) is 5.32 Å². The Kier molecular flexibility index (Phi) is 6.44. The minimum Gasteiger partial charge on any atom is -0.497 e. The summed E-state index contributed by atoms with van der Waals surface area (Å²) in [5, 5.41) is 13.9. The maximum absolute atomic E-state index is 13.1. The van der Waals surface area contributed by atoms with Crippen LogP contribution in [0.25, 0.3) is 0 Å². The SMILES string of the molecule is COc1ccc(CC2CN(Cc3ccc([N+](=O)[O-])cc3)c3ccc(C(N)=O)cc3NC2=O)cc1. The summed E-state index contributed by atoms with van der Waals surface area (Å²) in [6, 6.07) is 18.9. The standard InChI is InChI=1S/C25H24N4O5/c1-34-21-9-4-16(5-10-21)12-19-15-28(14-17-2-7-20(8-3-17)29(32)33)23-11-6-18(24(26)30)13-22(23)27-25(19)31/h2-11,13,19H,12,14-15H2,1H3,(H2,26,30)(H,27,31). The van der Waals surface area contributed by atoms with Crippen LogP contribution >= 0.6 is 0 Å². The zero-order valence-electron chi connectivity index (χ0n) is 18.6. The first-order valence-electron chi connectivity index (χ1n) is 10.7. The fourth-order valence-corrected chi connectivity index (χ4v) is 4.04. The van der Waals surface area contributed by atoms with Crippen LogP contribution in [0.1, 0.15) is 21.5 Å². The van der Waals surface area contributed by atoms with Gasteiger partial charge in [0.05, 0.1) is 29.3 Å². The molecule has 0 bridgehead atoms. The molecule has 0 aromatic heterocycles. The largest absolute Gasteiger partial charge is 0.497 e. The average molecular weight is 460 g/mol. The third-order valence-corrected chi connectivity index (χ3v) is 5.85. The third kappa shape index (κ3) is 4.98. The Morgan fingerprint density at radius 1 is 1.12 bits per heavy atom. The smallest absolute Gasteiger partial charge is 0.269 e. The molecule has 3 aromatic carbocycles. The summed E-state index contributed by atoms with van der Waals surface area (Å²) in [7, 11) is 1.60. The lowest BCUT2D eigenvalue weighted by Gasteiger charge is -2.27. The van der Waals surface area contributed by atoms with E-state index in [1.165, 1.54) is 12.1 Å². The summed E-state index contributed by atoms with van der Waals surface area (Å²) in [5.41, 5.74) is 8.83. The second-order valence-electron chi connectivity index (χ2n) is 8.14. The highest BCUT2D eigenvalue weighted by Gasteiger charge is 2.29. The van der Waals surface area contributed by atoms with Crippen molar-refractivity contribution in [2.45, 2.75) is 13.0 Å². The molecule has 3 N–H and O–H groups in total. The van der Waals surface area contributed by atoms with Crippen molar-refractivity contribution in [3.8, 4) is 5.75 Å². The molecule has 0 fully saturated rings. The van der Waals surface area contributed by atoms with E-state index >= 15 is 0 Å². The highest BCUT2D eigenvalue weighted by Crippen LogP contribution is 2.33. The third-order valence-electron chi connectivity index (χ3n) is 5.85. The van der Waals surface area contributed by atoms with E-state index in [-0.39, 0.29) is 17.5 Å². The molecule has 1 heterocycles. The molecule has 0 saturated carbocycles. The number of amides is 2. The Morgan fingerprint density at radius 3 is 2.41 bits per heavy atom. The number of benzene rings is 3. The van der Waals surface area contributed by atoms with Gasteiger partial charge in [0.2, 0.25) is 11.8 Å². The lowest BCUT2D eigenvalue weighted by atomic mass is 9.97. The van der Waals surface area contributed by atoms with E-state index in [0.29, 0.717) is 30.8 Å². The predicted molar refractivity (Wildman–Crippen MR) is 128 cm³/mol. The molecule has 1 aliphatic heterocycles. The lowest BCUT2D eigenvalue weighted by molar-refractivity contribution is -0.384. The van der Waals surface area contributed by atoms with Crippen molar-refractivity contribution in [3.05, 3.63) is 93.5 Å². The molecule has 1 atom stereocenters. The second-order valence-corrected chi connectivity index (χ2v) is 8.14. The first-order valence-corrected chi connectivity index (χ1v) is 10.7. The molecule has 9 heteroatoms. The Labute approximate surface area is 196 Å². The van der Waals surface area contributed by atoms with Crippen LogP contribution in [0.15, 0.2) is 66.7 Å². The first kappa shape index (κ1) is 22.8. The van der Waals surface area contributed by atoms with Gasteiger partial charge in [-0.05, 0) is 47.9 Å². The highest BCUT2D eigenvalue weighted by molar-refractivity contribution is 6.01. The van der Waals surface area contributed by atoms with Crippen molar-refractivity contribution in [2.24, 2.45) is 11.7 Å². The van der Waals surface area contributed by atoms with Crippen molar-refractivity contribution in [1.82, 2.24) is 0 Å². The molecule has 1 unspecified atom stereocenters. The number of primary amides is 1. The number of hydrogen-bond donors (Lipinski definition) is 2. The number of rotatable bonds is 7. The number of nitro groups is 1. The molecule has 0 radical (unpaired) electrons. The summed E-state index contributed by atoms with van der Waals surface area (Å²) in [4.78, 5) is 37.4. The number of nitrogens with one attached hydrogen (secondary N) is 1. The molecule has 1 aliphatic rings. The van der Waals surface area contributed by atoms with Gasteiger partial charge in [0.25, 0.3) is 5.69 Å². The van der Waals surface area contributed by atoms with Crippen molar-refractivity contribution >= 4 is 28.9 Å². The van der Waals surface area contributed by atoms with Crippen LogP contribution in [-0.2, 0) is 17.8 Å². The van der Waals surface area contributed by atoms with E-state index in [1.54, 1.807) is 37.4 Å². The van der Waals surface area contributed by atoms with Gasteiger partial charge in [-0.25, -0.2) is 0 Å². The number of carbonyl (C=O) groups excluding carboxylic acids is 2. The van der Waals surface area contributed by atoms with Gasteiger partial charge in [-0.2, -0.15) is 0 Å². The number of methoxy groups -OCH3 is 1. The molecular formula is C25H24N4O5. The Morgan fingerprint density at radius 2 is 1.79 bits per heavy atom. The van der Waals surface area contributed by atoms with Crippen LogP contribution in [0.4, 0.5) is 17.1 Å². The fraction of sp³-hybridized carbons (Fsp3) is 0.200. The number of fused-ring (bicyclic) bond motifs is 1. The molecule has 9 nitrogen and oxygen atoms in total. The number of hydrogen-bond acceptors (Lipinski definition) is 6. The number of nitrogens with two attached hydrogens (primary N) is 1. The van der Waals surface area contributed by atoms with Gasteiger partial charge in [-0.3, -0.25) is 19.7 Å². The van der Waals surface area contributed by atoms with E-state index in [4.69, 9.17) is 10.5 Å². The highest BCUT2D eigenvalue weighted by atomic mass is 16.6. The maximum Gasteiger partial charge on any atom is 0.269 e.